The maximum absolute atomic E-state index is 12.0. The maximum atomic E-state index is 12.0. The molecule has 0 unspecified atom stereocenters. The Labute approximate surface area is 129 Å². The monoisotopic (exact) mass is 333 g/mol. The third kappa shape index (κ3) is 4.44. The van der Waals surface area contributed by atoms with Crippen LogP contribution in [0, 0.1) is 0 Å². The van der Waals surface area contributed by atoms with E-state index in [2.05, 4.69) is 25.1 Å². The lowest BCUT2D eigenvalue weighted by molar-refractivity contribution is -0.172. The Hall–Kier alpha value is -2.10. The van der Waals surface area contributed by atoms with Crippen LogP contribution in [-0.2, 0) is 10.3 Å². The molecule has 7 nitrogen and oxygen atoms in total. The average Bonchev–Trinajstić information content (AvgIpc) is 2.81. The van der Waals surface area contributed by atoms with E-state index in [-0.39, 0.29) is 30.2 Å². The lowest BCUT2D eigenvalue weighted by Crippen LogP contribution is -2.25. The van der Waals surface area contributed by atoms with Crippen molar-refractivity contribution < 1.29 is 17.9 Å². The largest absolute Gasteiger partial charge is 0.411 e. The molecule has 0 aliphatic rings. The lowest BCUT2D eigenvalue weighted by atomic mass is 10.1. The fourth-order valence-electron chi connectivity index (χ4n) is 1.92. The van der Waals surface area contributed by atoms with Crippen molar-refractivity contribution in [1.82, 2.24) is 19.7 Å². The van der Waals surface area contributed by atoms with Crippen molar-refractivity contribution in [2.45, 2.75) is 32.5 Å². The highest BCUT2D eigenvalue weighted by molar-refractivity contribution is 5.74. The summed E-state index contributed by atoms with van der Waals surface area (Å²) in [5, 5.41) is 7.24. The van der Waals surface area contributed by atoms with E-state index in [1.807, 2.05) is 20.8 Å². The van der Waals surface area contributed by atoms with E-state index >= 15 is 0 Å². The van der Waals surface area contributed by atoms with Crippen molar-refractivity contribution >= 4 is 17.0 Å². The quantitative estimate of drug-likeness (QED) is 0.816. The van der Waals surface area contributed by atoms with Gasteiger partial charge in [-0.05, 0) is 20.8 Å². The van der Waals surface area contributed by atoms with Crippen LogP contribution in [0.4, 0.5) is 19.1 Å². The Balaban J connectivity index is 2.09. The van der Waals surface area contributed by atoms with Gasteiger partial charge in [-0.25, -0.2) is 4.68 Å². The van der Waals surface area contributed by atoms with Crippen molar-refractivity contribution in [2.75, 3.05) is 25.1 Å². The predicted octanol–water partition coefficient (Wildman–Crippen LogP) is 1.87. The fourth-order valence-corrected chi connectivity index (χ4v) is 1.92. The summed E-state index contributed by atoms with van der Waals surface area (Å²) in [4.78, 5) is 18.8. The number of fused-ring (bicyclic) bond motifs is 1. The highest BCUT2D eigenvalue weighted by Crippen LogP contribution is 2.18. The number of anilines is 1. The number of halogens is 3. The van der Waals surface area contributed by atoms with Gasteiger partial charge in [-0.2, -0.15) is 23.3 Å². The lowest BCUT2D eigenvalue weighted by Gasteiger charge is -2.19. The molecule has 0 saturated heterocycles. The zero-order valence-electron chi connectivity index (χ0n) is 13.0. The summed E-state index contributed by atoms with van der Waals surface area (Å²) in [7, 11) is 0. The van der Waals surface area contributed by atoms with Gasteiger partial charge < -0.3 is 10.1 Å². The van der Waals surface area contributed by atoms with Crippen molar-refractivity contribution in [3.63, 3.8) is 0 Å². The summed E-state index contributed by atoms with van der Waals surface area (Å²) >= 11 is 0. The molecule has 128 valence electrons. The number of H-pyrrole nitrogens is 1. The SMILES string of the molecule is CC(C)(C)n1ncc2c(=O)[nH]c(NCCOCC(F)(F)F)nc21. The van der Waals surface area contributed by atoms with Crippen LogP contribution in [0.5, 0.6) is 0 Å². The molecule has 2 aromatic rings. The zero-order chi connectivity index (χ0) is 17.3. The first kappa shape index (κ1) is 17.3. The Morgan fingerprint density at radius 2 is 2.04 bits per heavy atom. The van der Waals surface area contributed by atoms with Gasteiger partial charge in [0.15, 0.2) is 5.65 Å². The molecule has 0 aliphatic carbocycles. The molecule has 0 saturated carbocycles. The van der Waals surface area contributed by atoms with Gasteiger partial charge >= 0.3 is 6.18 Å². The summed E-state index contributed by atoms with van der Waals surface area (Å²) in [5.41, 5.74) is -0.334. The molecule has 0 fully saturated rings. The normalized spacial score (nSPS) is 12.8. The van der Waals surface area contributed by atoms with Crippen LogP contribution < -0.4 is 10.9 Å². The van der Waals surface area contributed by atoms with Gasteiger partial charge in [-0.15, -0.1) is 0 Å². The molecule has 0 atom stereocenters. The minimum atomic E-state index is -4.36. The standard InChI is InChI=1S/C13H18F3N5O2/c1-12(2,3)21-9-8(6-18-21)10(22)20-11(19-9)17-4-5-23-7-13(14,15)16/h6H,4-5,7H2,1-3H3,(H2,17,19,20,22). The van der Waals surface area contributed by atoms with Crippen molar-refractivity contribution in [2.24, 2.45) is 0 Å². The van der Waals surface area contributed by atoms with Gasteiger partial charge in [0.05, 0.1) is 18.3 Å². The van der Waals surface area contributed by atoms with Crippen molar-refractivity contribution in [3.8, 4) is 0 Å². The van der Waals surface area contributed by atoms with Gasteiger partial charge in [0, 0.05) is 6.54 Å². The first-order valence-corrected chi connectivity index (χ1v) is 6.95. The molecule has 23 heavy (non-hydrogen) atoms. The minimum Gasteiger partial charge on any atom is -0.370 e. The number of aromatic amines is 1. The van der Waals surface area contributed by atoms with Crippen molar-refractivity contribution in [3.05, 3.63) is 16.6 Å². The second-order valence-corrected chi connectivity index (χ2v) is 5.97. The van der Waals surface area contributed by atoms with Crippen LogP contribution in [0.3, 0.4) is 0 Å². The van der Waals surface area contributed by atoms with E-state index in [0.717, 1.165) is 0 Å². The minimum absolute atomic E-state index is 0.0776. The second-order valence-electron chi connectivity index (χ2n) is 5.97. The number of hydrogen-bond donors (Lipinski definition) is 2. The molecule has 0 bridgehead atoms. The molecule has 2 rings (SSSR count). The summed E-state index contributed by atoms with van der Waals surface area (Å²) in [6, 6.07) is 0. The molecular formula is C13H18F3N5O2. The summed E-state index contributed by atoms with van der Waals surface area (Å²) < 4.78 is 41.9. The van der Waals surface area contributed by atoms with Gasteiger partial charge in [-0.3, -0.25) is 9.78 Å². The highest BCUT2D eigenvalue weighted by atomic mass is 19.4. The average molecular weight is 333 g/mol. The first-order chi connectivity index (χ1) is 10.6. The van der Waals surface area contributed by atoms with Gasteiger partial charge in [0.2, 0.25) is 5.95 Å². The second kappa shape index (κ2) is 6.19. The Morgan fingerprint density at radius 3 is 2.65 bits per heavy atom. The van der Waals surface area contributed by atoms with Crippen molar-refractivity contribution in [1.29, 1.82) is 0 Å². The van der Waals surface area contributed by atoms with E-state index < -0.39 is 12.8 Å². The third-order valence-electron chi connectivity index (χ3n) is 2.88. The summed E-state index contributed by atoms with van der Waals surface area (Å²) in [6.07, 6.45) is -2.92. The predicted molar refractivity (Wildman–Crippen MR) is 78.5 cm³/mol. The molecule has 0 aromatic carbocycles. The Kier molecular flexibility index (Phi) is 4.64. The first-order valence-electron chi connectivity index (χ1n) is 6.95. The topological polar surface area (TPSA) is 84.8 Å². The summed E-state index contributed by atoms with van der Waals surface area (Å²) in [6.45, 7) is 4.35. The van der Waals surface area contributed by atoms with Crippen LogP contribution in [0.25, 0.3) is 11.0 Å². The number of aromatic nitrogens is 4. The van der Waals surface area contributed by atoms with Gasteiger partial charge in [-0.1, -0.05) is 0 Å². The van der Waals surface area contributed by atoms with Crippen LogP contribution in [0.1, 0.15) is 20.8 Å². The number of ether oxygens (including phenoxy) is 1. The van der Waals surface area contributed by atoms with E-state index in [4.69, 9.17) is 0 Å². The van der Waals surface area contributed by atoms with Crippen LogP contribution >= 0.6 is 0 Å². The Morgan fingerprint density at radius 1 is 1.35 bits per heavy atom. The van der Waals surface area contributed by atoms with Crippen LogP contribution in [0.2, 0.25) is 0 Å². The third-order valence-corrected chi connectivity index (χ3v) is 2.88. The molecule has 0 amide bonds. The smallest absolute Gasteiger partial charge is 0.370 e. The highest BCUT2D eigenvalue weighted by Gasteiger charge is 2.27. The molecule has 0 radical (unpaired) electrons. The maximum Gasteiger partial charge on any atom is 0.411 e. The molecule has 10 heteroatoms. The number of nitrogens with one attached hydrogen (secondary N) is 2. The van der Waals surface area contributed by atoms with Crippen LogP contribution in [-0.4, -0.2) is 45.7 Å². The molecule has 2 N–H and O–H groups in total. The molecule has 2 heterocycles. The van der Waals surface area contributed by atoms with E-state index in [1.165, 1.54) is 6.20 Å². The summed E-state index contributed by atoms with van der Waals surface area (Å²) in [5.74, 6) is 0.157. The molecular weight excluding hydrogens is 315 g/mol. The van der Waals surface area contributed by atoms with Crippen LogP contribution in [0.15, 0.2) is 11.0 Å². The molecule has 2 aromatic heterocycles. The number of hydrogen-bond acceptors (Lipinski definition) is 5. The number of rotatable bonds is 5. The van der Waals surface area contributed by atoms with E-state index in [9.17, 15) is 18.0 Å². The van der Waals surface area contributed by atoms with E-state index in [1.54, 1.807) is 4.68 Å². The van der Waals surface area contributed by atoms with Gasteiger partial charge in [0.1, 0.15) is 12.0 Å². The number of nitrogens with zero attached hydrogens (tertiary/aromatic N) is 3. The molecule has 0 aliphatic heterocycles. The van der Waals surface area contributed by atoms with Gasteiger partial charge in [0.25, 0.3) is 5.56 Å². The van der Waals surface area contributed by atoms with E-state index in [0.29, 0.717) is 11.0 Å². The Bertz CT molecular complexity index is 730. The molecule has 0 spiro atoms. The zero-order valence-corrected chi connectivity index (χ0v) is 13.0. The number of alkyl halides is 3. The fraction of sp³-hybridized carbons (Fsp3) is 0.615.